The van der Waals surface area contributed by atoms with Crippen LogP contribution in [-0.4, -0.2) is 52.2 Å². The first-order valence-electron chi connectivity index (χ1n) is 10.0. The summed E-state index contributed by atoms with van der Waals surface area (Å²) in [5, 5.41) is 0. The van der Waals surface area contributed by atoms with Crippen molar-refractivity contribution in [1.29, 1.82) is 0 Å². The molecule has 0 spiro atoms. The Kier molecular flexibility index (Phi) is 5.48. The van der Waals surface area contributed by atoms with E-state index in [9.17, 15) is 9.59 Å². The fourth-order valence-electron chi connectivity index (χ4n) is 4.12. The zero-order valence-corrected chi connectivity index (χ0v) is 17.5. The fraction of sp³-hybridized carbons (Fsp3) is 0.409. The first kappa shape index (κ1) is 20.0. The van der Waals surface area contributed by atoms with Gasteiger partial charge in [0.1, 0.15) is 11.5 Å². The van der Waals surface area contributed by atoms with Gasteiger partial charge in [0.05, 0.1) is 25.3 Å². The molecule has 158 valence electrons. The van der Waals surface area contributed by atoms with Gasteiger partial charge >= 0.3 is 5.69 Å². The number of aromatic nitrogens is 3. The topological polar surface area (TPSA) is 78.6 Å². The monoisotopic (exact) mass is 410 g/mol. The third kappa shape index (κ3) is 3.53. The van der Waals surface area contributed by atoms with Crippen molar-refractivity contribution >= 4 is 17.1 Å². The van der Waals surface area contributed by atoms with Crippen molar-refractivity contribution < 1.29 is 14.3 Å². The summed E-state index contributed by atoms with van der Waals surface area (Å²) in [5.74, 6) is 1.43. The number of rotatable bonds is 5. The van der Waals surface area contributed by atoms with Gasteiger partial charge in [-0.25, -0.2) is 9.78 Å². The number of hydrogen-bond acceptors (Lipinski definition) is 5. The van der Waals surface area contributed by atoms with E-state index in [2.05, 4.69) is 4.98 Å². The van der Waals surface area contributed by atoms with Gasteiger partial charge in [0.25, 0.3) is 5.91 Å². The number of amides is 1. The lowest BCUT2D eigenvalue weighted by Gasteiger charge is -2.32. The molecule has 8 nitrogen and oxygen atoms in total. The minimum absolute atomic E-state index is 0.0445. The Morgan fingerprint density at radius 2 is 1.93 bits per heavy atom. The maximum absolute atomic E-state index is 13.0. The number of ether oxygens (including phenoxy) is 2. The van der Waals surface area contributed by atoms with Crippen LogP contribution in [0.15, 0.2) is 41.3 Å². The lowest BCUT2D eigenvalue weighted by Crippen LogP contribution is -2.40. The van der Waals surface area contributed by atoms with E-state index in [0.717, 1.165) is 18.4 Å². The highest BCUT2D eigenvalue weighted by Crippen LogP contribution is 2.28. The van der Waals surface area contributed by atoms with Crippen LogP contribution >= 0.6 is 0 Å². The summed E-state index contributed by atoms with van der Waals surface area (Å²) in [4.78, 5) is 31.9. The number of pyridine rings is 1. The van der Waals surface area contributed by atoms with Crippen LogP contribution in [0.3, 0.4) is 0 Å². The summed E-state index contributed by atoms with van der Waals surface area (Å²) in [6, 6.07) is 8.98. The molecule has 0 aliphatic carbocycles. The van der Waals surface area contributed by atoms with E-state index in [-0.39, 0.29) is 11.6 Å². The molecular formula is C22H26N4O4. The van der Waals surface area contributed by atoms with Crippen LogP contribution in [0.5, 0.6) is 11.5 Å². The Labute approximate surface area is 174 Å². The number of benzene rings is 1. The molecule has 1 aliphatic rings. The molecule has 0 atom stereocenters. The summed E-state index contributed by atoms with van der Waals surface area (Å²) in [6.07, 6.45) is 3.38. The lowest BCUT2D eigenvalue weighted by atomic mass is 9.96. The Hall–Kier alpha value is -3.29. The molecule has 0 bridgehead atoms. The van der Waals surface area contributed by atoms with Crippen LogP contribution in [0, 0.1) is 5.92 Å². The predicted molar refractivity (Wildman–Crippen MR) is 113 cm³/mol. The summed E-state index contributed by atoms with van der Waals surface area (Å²) in [5.41, 5.74) is 2.03. The van der Waals surface area contributed by atoms with Gasteiger partial charge in [-0.05, 0) is 43.0 Å². The van der Waals surface area contributed by atoms with Gasteiger partial charge in [-0.3, -0.25) is 13.9 Å². The molecule has 1 aliphatic heterocycles. The van der Waals surface area contributed by atoms with Gasteiger partial charge < -0.3 is 14.4 Å². The van der Waals surface area contributed by atoms with Crippen molar-refractivity contribution in [1.82, 2.24) is 19.0 Å². The molecule has 0 unspecified atom stereocenters. The summed E-state index contributed by atoms with van der Waals surface area (Å²) >= 11 is 0. The van der Waals surface area contributed by atoms with Crippen LogP contribution in [0.2, 0.25) is 0 Å². The lowest BCUT2D eigenvalue weighted by molar-refractivity contribution is 0.0679. The second-order valence-corrected chi connectivity index (χ2v) is 7.60. The minimum atomic E-state index is -0.0508. The van der Waals surface area contributed by atoms with Crippen LogP contribution in [0.4, 0.5) is 0 Å². The summed E-state index contributed by atoms with van der Waals surface area (Å²) < 4.78 is 14.0. The molecule has 1 aromatic carbocycles. The average Bonchev–Trinajstić information content (AvgIpc) is 3.03. The molecule has 0 radical (unpaired) electrons. The molecular weight excluding hydrogens is 384 g/mol. The molecule has 1 fully saturated rings. The van der Waals surface area contributed by atoms with Crippen LogP contribution in [0.25, 0.3) is 11.2 Å². The maximum atomic E-state index is 13.0. The van der Waals surface area contributed by atoms with Gasteiger partial charge in [-0.2, -0.15) is 0 Å². The zero-order chi connectivity index (χ0) is 21.3. The molecule has 30 heavy (non-hydrogen) atoms. The Balaban J connectivity index is 1.46. The number of fused-ring (bicyclic) bond motifs is 1. The third-order valence-electron chi connectivity index (χ3n) is 5.88. The second kappa shape index (κ2) is 8.22. The zero-order valence-electron chi connectivity index (χ0n) is 17.5. The minimum Gasteiger partial charge on any atom is -0.497 e. The van der Waals surface area contributed by atoms with Crippen molar-refractivity contribution in [3.8, 4) is 11.5 Å². The summed E-state index contributed by atoms with van der Waals surface area (Å²) in [7, 11) is 4.90. The number of imidazole rings is 1. The van der Waals surface area contributed by atoms with Gasteiger partial charge in [-0.1, -0.05) is 0 Å². The number of likely N-dealkylation sites (tertiary alicyclic amines) is 1. The molecule has 8 heteroatoms. The van der Waals surface area contributed by atoms with Crippen LogP contribution in [-0.2, 0) is 13.6 Å². The number of methoxy groups -OCH3 is 2. The fourth-order valence-corrected chi connectivity index (χ4v) is 4.12. The highest BCUT2D eigenvalue weighted by molar-refractivity contribution is 5.97. The van der Waals surface area contributed by atoms with Gasteiger partial charge in [0, 0.05) is 38.9 Å². The van der Waals surface area contributed by atoms with E-state index in [4.69, 9.17) is 9.47 Å². The van der Waals surface area contributed by atoms with Crippen molar-refractivity contribution in [3.05, 3.63) is 52.6 Å². The van der Waals surface area contributed by atoms with Crippen molar-refractivity contribution in [2.24, 2.45) is 13.0 Å². The van der Waals surface area contributed by atoms with Crippen molar-refractivity contribution in [2.45, 2.75) is 19.4 Å². The molecule has 0 saturated carbocycles. The van der Waals surface area contributed by atoms with E-state index in [1.165, 1.54) is 0 Å². The van der Waals surface area contributed by atoms with E-state index in [1.807, 2.05) is 17.0 Å². The highest BCUT2D eigenvalue weighted by Gasteiger charge is 2.27. The first-order chi connectivity index (χ1) is 14.5. The van der Waals surface area contributed by atoms with Gasteiger partial charge in [0.15, 0.2) is 5.65 Å². The van der Waals surface area contributed by atoms with Gasteiger partial charge in [-0.15, -0.1) is 0 Å². The molecule has 2 aromatic heterocycles. The number of carbonyl (C=O) groups excluding carboxylic acids is 1. The van der Waals surface area contributed by atoms with E-state index < -0.39 is 0 Å². The maximum Gasteiger partial charge on any atom is 0.330 e. The quantitative estimate of drug-likeness (QED) is 0.645. The molecule has 1 saturated heterocycles. The standard InChI is InChI=1S/C22H26N4O4/c1-24-18-5-4-10-23-20(18)26(22(24)28)14-15-8-11-25(12-9-15)21(27)17-7-6-16(29-2)13-19(17)30-3/h4-7,10,13,15H,8-9,11-12,14H2,1-3H3. The number of hydrogen-bond donors (Lipinski definition) is 0. The van der Waals surface area contributed by atoms with Gasteiger partial charge in [0.2, 0.25) is 0 Å². The number of piperidine rings is 1. The Morgan fingerprint density at radius 1 is 1.17 bits per heavy atom. The SMILES string of the molecule is COc1ccc(C(=O)N2CCC(Cn3c(=O)n(C)c4cccnc43)CC2)c(OC)c1. The highest BCUT2D eigenvalue weighted by atomic mass is 16.5. The predicted octanol–water partition coefficient (Wildman–Crippen LogP) is 2.30. The van der Waals surface area contributed by atoms with Crippen LogP contribution < -0.4 is 15.2 Å². The molecule has 0 N–H and O–H groups in total. The Morgan fingerprint density at radius 3 is 2.63 bits per heavy atom. The number of aryl methyl sites for hydroxylation is 1. The van der Waals surface area contributed by atoms with E-state index in [1.54, 1.807) is 54.8 Å². The number of carbonyl (C=O) groups is 1. The second-order valence-electron chi connectivity index (χ2n) is 7.60. The normalized spacial score (nSPS) is 14.8. The molecule has 4 rings (SSSR count). The number of nitrogens with zero attached hydrogens (tertiary/aromatic N) is 4. The first-order valence-corrected chi connectivity index (χ1v) is 10.0. The largest absolute Gasteiger partial charge is 0.497 e. The molecule has 3 heterocycles. The third-order valence-corrected chi connectivity index (χ3v) is 5.88. The van der Waals surface area contributed by atoms with Crippen molar-refractivity contribution in [3.63, 3.8) is 0 Å². The van der Waals surface area contributed by atoms with E-state index >= 15 is 0 Å². The summed E-state index contributed by atoms with van der Waals surface area (Å²) in [6.45, 7) is 1.90. The molecule has 1 amide bonds. The molecule has 3 aromatic rings. The van der Waals surface area contributed by atoms with Crippen LogP contribution in [0.1, 0.15) is 23.2 Å². The van der Waals surface area contributed by atoms with E-state index in [0.29, 0.717) is 48.3 Å². The average molecular weight is 410 g/mol. The Bertz CT molecular complexity index is 1130. The smallest absolute Gasteiger partial charge is 0.330 e. The van der Waals surface area contributed by atoms with Crippen molar-refractivity contribution in [2.75, 3.05) is 27.3 Å².